The van der Waals surface area contributed by atoms with Crippen LogP contribution in [0.2, 0.25) is 0 Å². The molecule has 0 saturated carbocycles. The zero-order valence-corrected chi connectivity index (χ0v) is 28.7. The molecule has 5 rings (SSSR count). The van der Waals surface area contributed by atoms with E-state index < -0.39 is 35.5 Å². The second-order valence-electron chi connectivity index (χ2n) is 12.7. The molecule has 2 aliphatic rings. The number of carbonyl (C=O) groups excluding carboxylic acids is 2. The van der Waals surface area contributed by atoms with Gasteiger partial charge in [-0.2, -0.15) is 0 Å². The van der Waals surface area contributed by atoms with Crippen molar-refractivity contribution in [2.24, 2.45) is 0 Å². The van der Waals surface area contributed by atoms with Crippen LogP contribution < -0.4 is 4.74 Å². The summed E-state index contributed by atoms with van der Waals surface area (Å²) >= 11 is 0. The van der Waals surface area contributed by atoms with E-state index in [1.807, 2.05) is 12.1 Å². The summed E-state index contributed by atoms with van der Waals surface area (Å²) in [6, 6.07) is 12.0. The molecule has 0 radical (unpaired) electrons. The highest BCUT2D eigenvalue weighted by Crippen LogP contribution is 2.33. The highest BCUT2D eigenvalue weighted by atomic mass is 17.0. The molecule has 0 unspecified atom stereocenters. The SMILES string of the molecule is CCCCc1oc2ccc(C(=O)O[C@@H]3CO[C@H]4[C@@H]3OC[C@@H]4O[N+](=O)[O-])cc2c1C(=O)c1ccc(OCCCN(CCCC)CCCC)cc1. The molecule has 12 nitrogen and oxygen atoms in total. The number of nitrogens with zero attached hydrogens (tertiary/aromatic N) is 2. The Labute approximate surface area is 287 Å². The first-order valence-corrected chi connectivity index (χ1v) is 17.6. The standard InChI is InChI=1S/C37H48N2O10/c1-4-7-11-30-33(34(40)25-12-15-27(16-13-25)44-21-10-20-38(18-8-5-2)19-9-6-3)28-22-26(14-17-29(28)47-30)37(41)48-31-23-45-36-32(49-39(42)43)24-46-35(31)36/h12-17,22,31-32,35-36H,4-11,18-21,23-24H2,1-3H3/t31-,32+,35-,36-/m1/s1. The zero-order valence-electron chi connectivity index (χ0n) is 28.7. The molecule has 3 heterocycles. The maximum atomic E-state index is 14.0. The largest absolute Gasteiger partial charge is 0.494 e. The number of rotatable bonds is 20. The van der Waals surface area contributed by atoms with Gasteiger partial charge in [-0.3, -0.25) is 4.79 Å². The lowest BCUT2D eigenvalue weighted by atomic mass is 9.97. The highest BCUT2D eigenvalue weighted by Gasteiger charge is 2.51. The average molecular weight is 681 g/mol. The maximum Gasteiger partial charge on any atom is 0.338 e. The van der Waals surface area contributed by atoms with Crippen molar-refractivity contribution in [1.29, 1.82) is 0 Å². The fraction of sp³-hybridized carbons (Fsp3) is 0.568. The number of fused-ring (bicyclic) bond motifs is 2. The van der Waals surface area contributed by atoms with Crippen molar-refractivity contribution in [3.8, 4) is 5.75 Å². The van der Waals surface area contributed by atoms with Gasteiger partial charge in [-0.25, -0.2) is 4.79 Å². The fourth-order valence-electron chi connectivity index (χ4n) is 6.40. The van der Waals surface area contributed by atoms with E-state index in [1.165, 1.54) is 25.7 Å². The van der Waals surface area contributed by atoms with Crippen LogP contribution in [0.25, 0.3) is 11.0 Å². The van der Waals surface area contributed by atoms with Gasteiger partial charge in [0, 0.05) is 23.9 Å². The Balaban J connectivity index is 1.26. The summed E-state index contributed by atoms with van der Waals surface area (Å²) in [5.41, 5.74) is 1.65. The second kappa shape index (κ2) is 17.6. The van der Waals surface area contributed by atoms with Crippen molar-refractivity contribution >= 4 is 22.7 Å². The van der Waals surface area contributed by atoms with Gasteiger partial charge in [0.2, 0.25) is 0 Å². The molecule has 0 bridgehead atoms. The van der Waals surface area contributed by atoms with E-state index >= 15 is 0 Å². The van der Waals surface area contributed by atoms with Gasteiger partial charge in [-0.1, -0.05) is 40.0 Å². The molecular weight excluding hydrogens is 632 g/mol. The summed E-state index contributed by atoms with van der Waals surface area (Å²) in [5, 5.41) is 10.4. The lowest BCUT2D eigenvalue weighted by molar-refractivity contribution is -0.769. The Kier molecular flexibility index (Phi) is 13.0. The monoisotopic (exact) mass is 680 g/mol. The topological polar surface area (TPSA) is 140 Å². The van der Waals surface area contributed by atoms with Crippen LogP contribution in [0, 0.1) is 10.1 Å². The molecule has 1 aromatic heterocycles. The summed E-state index contributed by atoms with van der Waals surface area (Å²) in [5.74, 6) is 0.451. The molecule has 0 spiro atoms. The van der Waals surface area contributed by atoms with Crippen molar-refractivity contribution in [3.05, 3.63) is 75.0 Å². The van der Waals surface area contributed by atoms with Crippen LogP contribution in [-0.2, 0) is 25.5 Å². The molecule has 12 heteroatoms. The molecule has 0 aliphatic carbocycles. The average Bonchev–Trinajstić information content (AvgIpc) is 3.80. The zero-order chi connectivity index (χ0) is 34.8. The Hall–Kier alpha value is -4.00. The van der Waals surface area contributed by atoms with Crippen molar-refractivity contribution in [3.63, 3.8) is 0 Å². The molecular formula is C37H48N2O10. The van der Waals surface area contributed by atoms with Crippen LogP contribution in [-0.4, -0.2) is 85.6 Å². The van der Waals surface area contributed by atoms with Crippen molar-refractivity contribution in [2.45, 2.75) is 96.6 Å². The first kappa shape index (κ1) is 36.3. The highest BCUT2D eigenvalue weighted by molar-refractivity contribution is 6.17. The minimum atomic E-state index is -0.886. The van der Waals surface area contributed by atoms with Gasteiger partial charge in [-0.15, -0.1) is 10.1 Å². The molecule has 0 N–H and O–H groups in total. The number of esters is 1. The number of unbranched alkanes of at least 4 members (excludes halogenated alkanes) is 3. The van der Waals surface area contributed by atoms with Gasteiger partial charge in [0.1, 0.15) is 29.3 Å². The van der Waals surface area contributed by atoms with Gasteiger partial charge in [-0.05, 0) is 81.2 Å². The number of hydrogen-bond donors (Lipinski definition) is 0. The molecule has 0 amide bonds. The van der Waals surface area contributed by atoms with Gasteiger partial charge < -0.3 is 33.1 Å². The number of furan rings is 1. The van der Waals surface area contributed by atoms with Crippen molar-refractivity contribution < 1.29 is 42.9 Å². The first-order chi connectivity index (χ1) is 23.8. The lowest BCUT2D eigenvalue weighted by Crippen LogP contribution is -2.35. The third-order valence-corrected chi connectivity index (χ3v) is 9.08. The van der Waals surface area contributed by atoms with E-state index in [4.69, 9.17) is 23.4 Å². The predicted molar refractivity (Wildman–Crippen MR) is 182 cm³/mol. The van der Waals surface area contributed by atoms with Crippen molar-refractivity contribution in [1.82, 2.24) is 4.90 Å². The number of benzene rings is 2. The minimum absolute atomic E-state index is 0.0214. The summed E-state index contributed by atoms with van der Waals surface area (Å²) in [4.78, 5) is 45.3. The van der Waals surface area contributed by atoms with E-state index in [2.05, 4.69) is 30.5 Å². The minimum Gasteiger partial charge on any atom is -0.494 e. The first-order valence-electron chi connectivity index (χ1n) is 17.6. The molecule has 2 fully saturated rings. The maximum absolute atomic E-state index is 14.0. The summed E-state index contributed by atoms with van der Waals surface area (Å²) in [7, 11) is 0. The normalized spacial score (nSPS) is 20.1. The number of ether oxygens (including phenoxy) is 4. The van der Waals surface area contributed by atoms with Crippen LogP contribution in [0.15, 0.2) is 46.9 Å². The van der Waals surface area contributed by atoms with Gasteiger partial charge in [0.15, 0.2) is 18.0 Å². The van der Waals surface area contributed by atoms with E-state index in [-0.39, 0.29) is 24.6 Å². The Morgan fingerprint density at radius 3 is 2.16 bits per heavy atom. The molecule has 2 aromatic carbocycles. The smallest absolute Gasteiger partial charge is 0.338 e. The van der Waals surface area contributed by atoms with Crippen LogP contribution in [0.5, 0.6) is 5.75 Å². The van der Waals surface area contributed by atoms with Crippen LogP contribution in [0.4, 0.5) is 0 Å². The van der Waals surface area contributed by atoms with Gasteiger partial charge in [0.25, 0.3) is 5.09 Å². The Morgan fingerprint density at radius 2 is 1.49 bits per heavy atom. The number of carbonyl (C=O) groups is 2. The quantitative estimate of drug-likeness (QED) is 0.0420. The van der Waals surface area contributed by atoms with Crippen LogP contribution in [0.3, 0.4) is 0 Å². The predicted octanol–water partition coefficient (Wildman–Crippen LogP) is 6.58. The van der Waals surface area contributed by atoms with E-state index in [1.54, 1.807) is 30.3 Å². The van der Waals surface area contributed by atoms with Gasteiger partial charge in [0.05, 0.1) is 30.9 Å². The third-order valence-electron chi connectivity index (χ3n) is 9.08. The van der Waals surface area contributed by atoms with E-state index in [0.29, 0.717) is 46.6 Å². The van der Waals surface area contributed by atoms with Crippen LogP contribution in [0.1, 0.15) is 97.8 Å². The molecule has 266 valence electrons. The number of ketones is 1. The summed E-state index contributed by atoms with van der Waals surface area (Å²) in [6.45, 7) is 10.3. The van der Waals surface area contributed by atoms with Crippen LogP contribution >= 0.6 is 0 Å². The summed E-state index contributed by atoms with van der Waals surface area (Å²) < 4.78 is 29.1. The van der Waals surface area contributed by atoms with E-state index in [9.17, 15) is 19.7 Å². The summed E-state index contributed by atoms with van der Waals surface area (Å²) in [6.07, 6.45) is 5.01. The molecule has 3 aromatic rings. The second-order valence-corrected chi connectivity index (χ2v) is 12.7. The lowest BCUT2D eigenvalue weighted by Gasteiger charge is -2.21. The number of aryl methyl sites for hydroxylation is 1. The van der Waals surface area contributed by atoms with E-state index in [0.717, 1.165) is 38.9 Å². The fourth-order valence-corrected chi connectivity index (χ4v) is 6.40. The molecule has 2 aliphatic heterocycles. The van der Waals surface area contributed by atoms with Gasteiger partial charge >= 0.3 is 5.97 Å². The molecule has 2 saturated heterocycles. The Bertz CT molecular complexity index is 1550. The Morgan fingerprint density at radius 1 is 0.857 bits per heavy atom. The third kappa shape index (κ3) is 9.17. The number of hydrogen-bond acceptors (Lipinski definition) is 11. The molecule has 4 atom stereocenters. The van der Waals surface area contributed by atoms with Crippen molar-refractivity contribution in [2.75, 3.05) is 39.5 Å². The molecule has 49 heavy (non-hydrogen) atoms.